The number of imidazole rings is 1. The molecule has 3 heterocycles. The van der Waals surface area contributed by atoms with Gasteiger partial charge in [0.15, 0.2) is 11.5 Å². The van der Waals surface area contributed by atoms with Crippen molar-refractivity contribution in [2.45, 2.75) is 25.9 Å². The number of hydrogen-bond donors (Lipinski definition) is 1. The quantitative estimate of drug-likeness (QED) is 0.435. The Balaban J connectivity index is 1.12. The van der Waals surface area contributed by atoms with Crippen LogP contribution >= 0.6 is 0 Å². The fourth-order valence-corrected chi connectivity index (χ4v) is 4.96. The Bertz CT molecular complexity index is 1390. The Morgan fingerprint density at radius 1 is 0.972 bits per heavy atom. The predicted octanol–water partition coefficient (Wildman–Crippen LogP) is 4.49. The van der Waals surface area contributed by atoms with Crippen molar-refractivity contribution in [3.05, 3.63) is 83.7 Å². The van der Waals surface area contributed by atoms with Crippen molar-refractivity contribution in [3.63, 3.8) is 0 Å². The Morgan fingerprint density at radius 3 is 2.56 bits per heavy atom. The number of halogens is 1. The second-order valence-corrected chi connectivity index (χ2v) is 9.28. The molecule has 1 aromatic heterocycles. The average Bonchev–Trinajstić information content (AvgIpc) is 3.53. The monoisotopic (exact) mass is 486 g/mol. The molecule has 0 unspecified atom stereocenters. The van der Waals surface area contributed by atoms with Crippen molar-refractivity contribution in [2.24, 2.45) is 5.92 Å². The van der Waals surface area contributed by atoms with E-state index in [9.17, 15) is 9.18 Å². The van der Waals surface area contributed by atoms with E-state index in [2.05, 4.69) is 20.9 Å². The maximum absolute atomic E-state index is 13.4. The van der Waals surface area contributed by atoms with Crippen LogP contribution in [-0.2, 0) is 17.9 Å². The summed E-state index contributed by atoms with van der Waals surface area (Å²) in [6, 6.07) is 20.4. The first-order chi connectivity index (χ1) is 17.6. The highest BCUT2D eigenvalue weighted by molar-refractivity contribution is 5.80. The number of ether oxygens (including phenoxy) is 2. The van der Waals surface area contributed by atoms with Crippen LogP contribution in [0, 0.1) is 11.7 Å². The fourth-order valence-electron chi connectivity index (χ4n) is 4.96. The highest BCUT2D eigenvalue weighted by atomic mass is 19.1. The van der Waals surface area contributed by atoms with E-state index in [1.54, 1.807) is 0 Å². The maximum atomic E-state index is 13.4. The standard InChI is InChI=1S/C28H27FN4O3/c29-22-8-5-19(6-9-22)17-33-24-4-2-1-3-23(24)31-28(33)32-13-11-21(12-14-32)27(34)30-16-20-7-10-25-26(15-20)36-18-35-25/h1-10,15,21H,11-14,16-18H2,(H,30,34). The van der Waals surface area contributed by atoms with Crippen LogP contribution in [0.1, 0.15) is 24.0 Å². The minimum atomic E-state index is -0.242. The fraction of sp³-hybridized carbons (Fsp3) is 0.286. The second-order valence-electron chi connectivity index (χ2n) is 9.28. The van der Waals surface area contributed by atoms with E-state index in [0.717, 1.165) is 65.5 Å². The van der Waals surface area contributed by atoms with E-state index in [-0.39, 0.29) is 24.4 Å². The van der Waals surface area contributed by atoms with Crippen LogP contribution in [0.2, 0.25) is 0 Å². The summed E-state index contributed by atoms with van der Waals surface area (Å²) in [5.74, 6) is 2.15. The minimum Gasteiger partial charge on any atom is -0.454 e. The molecule has 8 heteroatoms. The largest absolute Gasteiger partial charge is 0.454 e. The lowest BCUT2D eigenvalue weighted by Gasteiger charge is -2.32. The molecular formula is C28H27FN4O3. The van der Waals surface area contributed by atoms with Crippen LogP contribution in [-0.4, -0.2) is 35.3 Å². The number of benzene rings is 3. The van der Waals surface area contributed by atoms with Crippen LogP contribution in [0.3, 0.4) is 0 Å². The van der Waals surface area contributed by atoms with Gasteiger partial charge < -0.3 is 24.3 Å². The van der Waals surface area contributed by atoms with Gasteiger partial charge in [0.25, 0.3) is 0 Å². The molecule has 36 heavy (non-hydrogen) atoms. The Labute approximate surface area is 208 Å². The first-order valence-electron chi connectivity index (χ1n) is 12.2. The number of para-hydroxylation sites is 2. The summed E-state index contributed by atoms with van der Waals surface area (Å²) in [4.78, 5) is 20.1. The van der Waals surface area contributed by atoms with Gasteiger partial charge in [-0.25, -0.2) is 9.37 Å². The number of rotatable bonds is 6. The van der Waals surface area contributed by atoms with Gasteiger partial charge in [-0.3, -0.25) is 4.79 Å². The van der Waals surface area contributed by atoms with Gasteiger partial charge in [0.2, 0.25) is 18.6 Å². The maximum Gasteiger partial charge on any atom is 0.231 e. The zero-order valence-electron chi connectivity index (χ0n) is 19.8. The Morgan fingerprint density at radius 2 is 1.72 bits per heavy atom. The summed E-state index contributed by atoms with van der Waals surface area (Å²) in [7, 11) is 0. The molecule has 0 bridgehead atoms. The molecule has 1 N–H and O–H groups in total. The van der Waals surface area contributed by atoms with Crippen LogP contribution in [0.5, 0.6) is 11.5 Å². The van der Waals surface area contributed by atoms with Gasteiger partial charge in [0.1, 0.15) is 5.82 Å². The third kappa shape index (κ3) is 4.46. The van der Waals surface area contributed by atoms with Crippen molar-refractivity contribution in [1.29, 1.82) is 0 Å². The zero-order valence-corrected chi connectivity index (χ0v) is 19.8. The second kappa shape index (κ2) is 9.53. The summed E-state index contributed by atoms with van der Waals surface area (Å²) in [5, 5.41) is 3.08. The third-order valence-electron chi connectivity index (χ3n) is 6.94. The molecule has 1 fully saturated rings. The van der Waals surface area contributed by atoms with E-state index < -0.39 is 0 Å². The van der Waals surface area contributed by atoms with Crippen LogP contribution in [0.15, 0.2) is 66.7 Å². The molecule has 2 aliphatic heterocycles. The molecule has 6 rings (SSSR count). The summed E-state index contributed by atoms with van der Waals surface area (Å²) < 4.78 is 26.4. The van der Waals surface area contributed by atoms with E-state index >= 15 is 0 Å². The molecule has 0 aliphatic carbocycles. The molecule has 3 aromatic carbocycles. The zero-order chi connectivity index (χ0) is 24.5. The Hall–Kier alpha value is -4.07. The van der Waals surface area contributed by atoms with Crippen molar-refractivity contribution in [2.75, 3.05) is 24.8 Å². The number of piperidine rings is 1. The highest BCUT2D eigenvalue weighted by Crippen LogP contribution is 2.32. The summed E-state index contributed by atoms with van der Waals surface area (Å²) >= 11 is 0. The lowest BCUT2D eigenvalue weighted by atomic mass is 9.96. The first-order valence-corrected chi connectivity index (χ1v) is 12.2. The molecule has 2 aliphatic rings. The third-order valence-corrected chi connectivity index (χ3v) is 6.94. The number of amides is 1. The number of hydrogen-bond acceptors (Lipinski definition) is 5. The first kappa shape index (κ1) is 22.4. The lowest BCUT2D eigenvalue weighted by molar-refractivity contribution is -0.125. The van der Waals surface area contributed by atoms with Crippen molar-refractivity contribution >= 4 is 22.9 Å². The number of fused-ring (bicyclic) bond motifs is 2. The Kier molecular flexibility index (Phi) is 5.93. The topological polar surface area (TPSA) is 68.6 Å². The molecule has 184 valence electrons. The summed E-state index contributed by atoms with van der Waals surface area (Å²) in [6.45, 7) is 2.79. The number of nitrogens with one attached hydrogen (secondary N) is 1. The molecule has 7 nitrogen and oxygen atoms in total. The smallest absolute Gasteiger partial charge is 0.231 e. The van der Waals surface area contributed by atoms with Gasteiger partial charge in [0.05, 0.1) is 17.6 Å². The van der Waals surface area contributed by atoms with Gasteiger partial charge >= 0.3 is 0 Å². The van der Waals surface area contributed by atoms with Crippen molar-refractivity contribution in [1.82, 2.24) is 14.9 Å². The molecule has 0 spiro atoms. The van der Waals surface area contributed by atoms with E-state index in [4.69, 9.17) is 14.5 Å². The number of aromatic nitrogens is 2. The van der Waals surface area contributed by atoms with E-state index in [1.165, 1.54) is 12.1 Å². The van der Waals surface area contributed by atoms with Crippen LogP contribution in [0.4, 0.5) is 10.3 Å². The number of nitrogens with zero attached hydrogens (tertiary/aromatic N) is 3. The van der Waals surface area contributed by atoms with Gasteiger partial charge in [-0.05, 0) is 60.4 Å². The normalized spacial score (nSPS) is 15.4. The SMILES string of the molecule is O=C(NCc1ccc2c(c1)OCO2)C1CCN(c2nc3ccccc3n2Cc2ccc(F)cc2)CC1. The highest BCUT2D eigenvalue weighted by Gasteiger charge is 2.28. The van der Waals surface area contributed by atoms with Crippen LogP contribution in [0.25, 0.3) is 11.0 Å². The number of carbonyl (C=O) groups is 1. The van der Waals surface area contributed by atoms with Gasteiger partial charge in [-0.2, -0.15) is 0 Å². The molecule has 1 amide bonds. The average molecular weight is 487 g/mol. The molecule has 1 saturated heterocycles. The minimum absolute atomic E-state index is 0.0369. The number of anilines is 1. The summed E-state index contributed by atoms with van der Waals surface area (Å²) in [6.07, 6.45) is 1.51. The van der Waals surface area contributed by atoms with E-state index in [0.29, 0.717) is 13.1 Å². The number of carbonyl (C=O) groups excluding carboxylic acids is 1. The predicted molar refractivity (Wildman–Crippen MR) is 135 cm³/mol. The van der Waals surface area contributed by atoms with Crippen molar-refractivity contribution < 1.29 is 18.7 Å². The molecule has 0 radical (unpaired) electrons. The molecule has 0 saturated carbocycles. The lowest BCUT2D eigenvalue weighted by Crippen LogP contribution is -2.41. The molecule has 4 aromatic rings. The summed E-state index contributed by atoms with van der Waals surface area (Å²) in [5.41, 5.74) is 3.97. The molecular weight excluding hydrogens is 459 g/mol. The van der Waals surface area contributed by atoms with Gasteiger partial charge in [0, 0.05) is 25.6 Å². The van der Waals surface area contributed by atoms with Gasteiger partial charge in [-0.15, -0.1) is 0 Å². The molecule has 0 atom stereocenters. The van der Waals surface area contributed by atoms with Crippen LogP contribution < -0.4 is 19.7 Å². The van der Waals surface area contributed by atoms with E-state index in [1.807, 2.05) is 48.5 Å². The van der Waals surface area contributed by atoms with Crippen molar-refractivity contribution in [3.8, 4) is 11.5 Å². The van der Waals surface area contributed by atoms with Gasteiger partial charge in [-0.1, -0.05) is 30.3 Å².